The van der Waals surface area contributed by atoms with E-state index in [9.17, 15) is 0 Å². The predicted molar refractivity (Wildman–Crippen MR) is 73.5 cm³/mol. The number of piperidine rings is 1. The molecular formula is C14H22N2S. The van der Waals surface area contributed by atoms with Crippen LogP contribution in [-0.2, 0) is 0 Å². The molecule has 0 spiro atoms. The van der Waals surface area contributed by atoms with Gasteiger partial charge in [-0.15, -0.1) is 11.3 Å². The maximum atomic E-state index is 2.79. The highest BCUT2D eigenvalue weighted by molar-refractivity contribution is 7.10. The van der Waals surface area contributed by atoms with Crippen molar-refractivity contribution in [3.05, 3.63) is 22.4 Å². The summed E-state index contributed by atoms with van der Waals surface area (Å²) in [5, 5.41) is 2.22. The van der Waals surface area contributed by atoms with Gasteiger partial charge >= 0.3 is 0 Å². The lowest BCUT2D eigenvalue weighted by Gasteiger charge is -2.38. The molecule has 1 aromatic rings. The molecule has 3 rings (SSSR count). The third kappa shape index (κ3) is 2.42. The maximum absolute atomic E-state index is 2.79. The van der Waals surface area contributed by atoms with E-state index in [2.05, 4.69) is 34.4 Å². The SMILES string of the molecule is CN1CCC(N2CCCC2c2cccs2)CC1. The second kappa shape index (κ2) is 5.09. The summed E-state index contributed by atoms with van der Waals surface area (Å²) in [7, 11) is 2.25. The fourth-order valence-corrected chi connectivity index (χ4v) is 4.22. The Hall–Kier alpha value is -0.380. The van der Waals surface area contributed by atoms with E-state index in [1.54, 1.807) is 4.88 Å². The van der Waals surface area contributed by atoms with E-state index in [4.69, 9.17) is 0 Å². The Balaban J connectivity index is 1.69. The standard InChI is InChI=1S/C14H22N2S/c1-15-9-6-12(7-10-15)16-8-2-4-13(16)14-5-3-11-17-14/h3,5,11-13H,2,4,6-10H2,1H3. The molecule has 0 amide bonds. The number of thiophene rings is 1. The lowest BCUT2D eigenvalue weighted by Crippen LogP contribution is -2.43. The minimum atomic E-state index is 0.725. The molecule has 0 saturated carbocycles. The van der Waals surface area contributed by atoms with Crippen LogP contribution in [-0.4, -0.2) is 42.5 Å². The van der Waals surface area contributed by atoms with Crippen molar-refractivity contribution < 1.29 is 0 Å². The van der Waals surface area contributed by atoms with Gasteiger partial charge in [0.2, 0.25) is 0 Å². The Bertz CT molecular complexity index is 341. The van der Waals surface area contributed by atoms with Crippen LogP contribution in [0.4, 0.5) is 0 Å². The molecule has 1 atom stereocenters. The summed E-state index contributed by atoms with van der Waals surface area (Å²) in [6.45, 7) is 3.87. The number of nitrogens with zero attached hydrogens (tertiary/aromatic N) is 2. The van der Waals surface area contributed by atoms with Crippen molar-refractivity contribution in [3.63, 3.8) is 0 Å². The number of likely N-dealkylation sites (tertiary alicyclic amines) is 2. The maximum Gasteiger partial charge on any atom is 0.0444 e. The van der Waals surface area contributed by atoms with Gasteiger partial charge in [-0.3, -0.25) is 4.90 Å². The molecule has 3 heteroatoms. The summed E-state index contributed by atoms with van der Waals surface area (Å²) in [5.41, 5.74) is 0. The zero-order valence-corrected chi connectivity index (χ0v) is 11.5. The van der Waals surface area contributed by atoms with Gasteiger partial charge in [-0.05, 0) is 63.8 Å². The van der Waals surface area contributed by atoms with Gasteiger partial charge in [-0.1, -0.05) is 6.07 Å². The summed E-state index contributed by atoms with van der Waals surface area (Å²) in [4.78, 5) is 6.84. The van der Waals surface area contributed by atoms with Gasteiger partial charge in [0, 0.05) is 17.0 Å². The van der Waals surface area contributed by atoms with Crippen molar-refractivity contribution in [1.82, 2.24) is 9.80 Å². The van der Waals surface area contributed by atoms with Gasteiger partial charge < -0.3 is 4.90 Å². The lowest BCUT2D eigenvalue weighted by atomic mass is 10.0. The van der Waals surface area contributed by atoms with Crippen LogP contribution in [0.25, 0.3) is 0 Å². The molecule has 0 radical (unpaired) electrons. The molecule has 2 aliphatic heterocycles. The van der Waals surface area contributed by atoms with Crippen LogP contribution in [0.15, 0.2) is 17.5 Å². The third-order valence-corrected chi connectivity index (χ3v) is 5.30. The summed E-state index contributed by atoms with van der Waals surface area (Å²) in [6.07, 6.45) is 5.47. The van der Waals surface area contributed by atoms with E-state index in [1.807, 2.05) is 11.3 Å². The number of hydrogen-bond acceptors (Lipinski definition) is 3. The Kier molecular flexibility index (Phi) is 3.50. The first-order chi connectivity index (χ1) is 8.34. The minimum absolute atomic E-state index is 0.725. The first-order valence-electron chi connectivity index (χ1n) is 6.82. The Morgan fingerprint density at radius 3 is 2.71 bits per heavy atom. The quantitative estimate of drug-likeness (QED) is 0.796. The first kappa shape index (κ1) is 11.7. The van der Waals surface area contributed by atoms with Crippen molar-refractivity contribution in [3.8, 4) is 0 Å². The third-order valence-electron chi connectivity index (χ3n) is 4.32. The average Bonchev–Trinajstić information content (AvgIpc) is 3.00. The normalized spacial score (nSPS) is 28.9. The van der Waals surface area contributed by atoms with Crippen LogP contribution in [0.2, 0.25) is 0 Å². The largest absolute Gasteiger partial charge is 0.306 e. The second-order valence-electron chi connectivity index (χ2n) is 5.45. The minimum Gasteiger partial charge on any atom is -0.306 e. The fourth-order valence-electron chi connectivity index (χ4n) is 3.34. The van der Waals surface area contributed by atoms with Gasteiger partial charge in [-0.2, -0.15) is 0 Å². The molecule has 0 aromatic carbocycles. The molecule has 1 unspecified atom stereocenters. The molecule has 2 fully saturated rings. The highest BCUT2D eigenvalue weighted by Crippen LogP contribution is 2.37. The van der Waals surface area contributed by atoms with Crippen LogP contribution < -0.4 is 0 Å². The zero-order chi connectivity index (χ0) is 11.7. The first-order valence-corrected chi connectivity index (χ1v) is 7.70. The van der Waals surface area contributed by atoms with Crippen LogP contribution in [0.5, 0.6) is 0 Å². The van der Waals surface area contributed by atoms with Gasteiger partial charge in [0.25, 0.3) is 0 Å². The van der Waals surface area contributed by atoms with Crippen molar-refractivity contribution in [1.29, 1.82) is 0 Å². The van der Waals surface area contributed by atoms with E-state index >= 15 is 0 Å². The zero-order valence-electron chi connectivity index (χ0n) is 10.6. The molecule has 0 bridgehead atoms. The highest BCUT2D eigenvalue weighted by Gasteiger charge is 2.33. The molecular weight excluding hydrogens is 228 g/mol. The van der Waals surface area contributed by atoms with E-state index < -0.39 is 0 Å². The van der Waals surface area contributed by atoms with Crippen molar-refractivity contribution in [2.45, 2.75) is 37.8 Å². The monoisotopic (exact) mass is 250 g/mol. The fraction of sp³-hybridized carbons (Fsp3) is 0.714. The molecule has 2 saturated heterocycles. The molecule has 0 aliphatic carbocycles. The van der Waals surface area contributed by atoms with Crippen LogP contribution in [0.1, 0.15) is 36.6 Å². The van der Waals surface area contributed by atoms with Crippen LogP contribution >= 0.6 is 11.3 Å². The Morgan fingerprint density at radius 1 is 1.18 bits per heavy atom. The molecule has 0 N–H and O–H groups in total. The Labute approximate surface area is 108 Å². The smallest absolute Gasteiger partial charge is 0.0444 e. The molecule has 2 nitrogen and oxygen atoms in total. The molecule has 3 heterocycles. The van der Waals surface area contributed by atoms with Gasteiger partial charge in [0.15, 0.2) is 0 Å². The van der Waals surface area contributed by atoms with Crippen molar-refractivity contribution >= 4 is 11.3 Å². The molecule has 17 heavy (non-hydrogen) atoms. The van der Waals surface area contributed by atoms with Crippen molar-refractivity contribution in [2.24, 2.45) is 0 Å². The van der Waals surface area contributed by atoms with E-state index in [0.29, 0.717) is 0 Å². The topological polar surface area (TPSA) is 6.48 Å². The van der Waals surface area contributed by atoms with E-state index in [0.717, 1.165) is 12.1 Å². The average molecular weight is 250 g/mol. The second-order valence-corrected chi connectivity index (χ2v) is 6.42. The highest BCUT2D eigenvalue weighted by atomic mass is 32.1. The van der Waals surface area contributed by atoms with Crippen LogP contribution in [0, 0.1) is 0 Å². The Morgan fingerprint density at radius 2 is 2.00 bits per heavy atom. The summed E-state index contributed by atoms with van der Waals surface area (Å²) < 4.78 is 0. The summed E-state index contributed by atoms with van der Waals surface area (Å²) in [6, 6.07) is 6.08. The van der Waals surface area contributed by atoms with Gasteiger partial charge in [0.1, 0.15) is 0 Å². The lowest BCUT2D eigenvalue weighted by molar-refractivity contribution is 0.111. The van der Waals surface area contributed by atoms with Gasteiger partial charge in [-0.25, -0.2) is 0 Å². The van der Waals surface area contributed by atoms with E-state index in [-0.39, 0.29) is 0 Å². The number of rotatable bonds is 2. The summed E-state index contributed by atoms with van der Waals surface area (Å²) >= 11 is 1.94. The predicted octanol–water partition coefficient (Wildman–Crippen LogP) is 2.98. The van der Waals surface area contributed by atoms with Gasteiger partial charge in [0.05, 0.1) is 0 Å². The molecule has 94 valence electrons. The number of hydrogen-bond donors (Lipinski definition) is 0. The van der Waals surface area contributed by atoms with E-state index in [1.165, 1.54) is 45.3 Å². The van der Waals surface area contributed by atoms with Crippen LogP contribution in [0.3, 0.4) is 0 Å². The molecule has 2 aliphatic rings. The van der Waals surface area contributed by atoms with Crippen molar-refractivity contribution in [2.75, 3.05) is 26.7 Å². The molecule has 1 aromatic heterocycles. The summed E-state index contributed by atoms with van der Waals surface area (Å²) in [5.74, 6) is 0.